The Bertz CT molecular complexity index is 823. The van der Waals surface area contributed by atoms with Crippen LogP contribution in [0.1, 0.15) is 44.0 Å². The van der Waals surface area contributed by atoms with Crippen LogP contribution in [0.2, 0.25) is 0 Å². The zero-order valence-electron chi connectivity index (χ0n) is 15.6. The third-order valence-corrected chi connectivity index (χ3v) is 4.71. The van der Waals surface area contributed by atoms with Crippen LogP contribution in [0.3, 0.4) is 0 Å². The number of nitrogens with zero attached hydrogens (tertiary/aromatic N) is 3. The first-order chi connectivity index (χ1) is 12.3. The molecule has 0 fully saturated rings. The second-order valence-electron chi connectivity index (χ2n) is 7.25. The molecule has 1 aliphatic rings. The van der Waals surface area contributed by atoms with Crippen molar-refractivity contribution in [3.05, 3.63) is 40.4 Å². The van der Waals surface area contributed by atoms with Crippen molar-refractivity contribution in [2.24, 2.45) is 5.10 Å². The molecule has 0 unspecified atom stereocenters. The molecule has 0 saturated heterocycles. The van der Waals surface area contributed by atoms with Gasteiger partial charge in [0.25, 0.3) is 0 Å². The van der Waals surface area contributed by atoms with Crippen LogP contribution in [0, 0.1) is 6.92 Å². The van der Waals surface area contributed by atoms with Crippen molar-refractivity contribution in [3.8, 4) is 0 Å². The SMILES string of the molecule is Cc1csc(NN=Cc2cccc3c2N(C(=O)OC(C)(C)C)CCC3)n1. The molecule has 0 bridgehead atoms. The van der Waals surface area contributed by atoms with Gasteiger partial charge in [-0.15, -0.1) is 11.3 Å². The lowest BCUT2D eigenvalue weighted by molar-refractivity contribution is 0.0578. The minimum atomic E-state index is -0.526. The Hall–Kier alpha value is -2.41. The molecule has 1 aliphatic heterocycles. The van der Waals surface area contributed by atoms with Crippen LogP contribution < -0.4 is 10.3 Å². The lowest BCUT2D eigenvalue weighted by Gasteiger charge is -2.32. The Balaban J connectivity index is 1.85. The molecule has 0 saturated carbocycles. The van der Waals surface area contributed by atoms with Gasteiger partial charge in [0.15, 0.2) is 0 Å². The van der Waals surface area contributed by atoms with Crippen molar-refractivity contribution < 1.29 is 9.53 Å². The molecule has 26 heavy (non-hydrogen) atoms. The average Bonchev–Trinajstić information content (AvgIpc) is 2.98. The number of amides is 1. The number of fused-ring (bicyclic) bond motifs is 1. The minimum Gasteiger partial charge on any atom is -0.443 e. The van der Waals surface area contributed by atoms with Crippen LogP contribution in [0.5, 0.6) is 0 Å². The zero-order chi connectivity index (χ0) is 18.7. The van der Waals surface area contributed by atoms with Gasteiger partial charge in [-0.3, -0.25) is 10.3 Å². The van der Waals surface area contributed by atoms with Gasteiger partial charge in [0, 0.05) is 17.5 Å². The molecule has 6 nitrogen and oxygen atoms in total. The van der Waals surface area contributed by atoms with Crippen LogP contribution in [0.25, 0.3) is 0 Å². The van der Waals surface area contributed by atoms with E-state index in [2.05, 4.69) is 21.6 Å². The van der Waals surface area contributed by atoms with E-state index in [0.717, 1.165) is 40.5 Å². The van der Waals surface area contributed by atoms with Gasteiger partial charge in [-0.05, 0) is 46.1 Å². The Morgan fingerprint density at radius 1 is 1.42 bits per heavy atom. The number of carbonyl (C=O) groups excluding carboxylic acids is 1. The number of thiazole rings is 1. The summed E-state index contributed by atoms with van der Waals surface area (Å²) in [6.07, 6.45) is 3.28. The molecule has 1 amide bonds. The molecule has 1 aromatic heterocycles. The lowest BCUT2D eigenvalue weighted by Crippen LogP contribution is -2.40. The number of hydrogen-bond acceptors (Lipinski definition) is 6. The number of anilines is 2. The quantitative estimate of drug-likeness (QED) is 0.632. The maximum Gasteiger partial charge on any atom is 0.414 e. The Morgan fingerprint density at radius 2 is 2.23 bits per heavy atom. The van der Waals surface area contributed by atoms with Crippen LogP contribution in [-0.4, -0.2) is 29.4 Å². The number of aromatic nitrogens is 1. The summed E-state index contributed by atoms with van der Waals surface area (Å²) in [5, 5.41) is 7.00. The zero-order valence-corrected chi connectivity index (χ0v) is 16.4. The number of rotatable bonds is 3. The lowest BCUT2D eigenvalue weighted by atomic mass is 9.98. The number of carbonyl (C=O) groups is 1. The largest absolute Gasteiger partial charge is 0.443 e. The first-order valence-electron chi connectivity index (χ1n) is 8.67. The van der Waals surface area contributed by atoms with E-state index >= 15 is 0 Å². The first-order valence-corrected chi connectivity index (χ1v) is 9.55. The second kappa shape index (κ2) is 7.45. The molecule has 1 N–H and O–H groups in total. The molecule has 0 spiro atoms. The number of hydrogen-bond donors (Lipinski definition) is 1. The smallest absolute Gasteiger partial charge is 0.414 e. The third kappa shape index (κ3) is 4.40. The fourth-order valence-electron chi connectivity index (χ4n) is 2.85. The van der Waals surface area contributed by atoms with Gasteiger partial charge in [0.2, 0.25) is 5.13 Å². The van der Waals surface area contributed by atoms with Gasteiger partial charge < -0.3 is 4.74 Å². The summed E-state index contributed by atoms with van der Waals surface area (Å²) in [6.45, 7) is 8.22. The number of hydrazone groups is 1. The predicted molar refractivity (Wildman–Crippen MR) is 106 cm³/mol. The minimum absolute atomic E-state index is 0.317. The molecule has 1 aromatic carbocycles. The number of para-hydroxylation sites is 1. The molecule has 2 aromatic rings. The number of benzene rings is 1. The molecule has 138 valence electrons. The summed E-state index contributed by atoms with van der Waals surface area (Å²) in [5.41, 5.74) is 6.28. The van der Waals surface area contributed by atoms with Crippen molar-refractivity contribution in [2.45, 2.75) is 46.1 Å². The van der Waals surface area contributed by atoms with E-state index in [0.29, 0.717) is 6.54 Å². The summed E-state index contributed by atoms with van der Waals surface area (Å²) in [5.74, 6) is 0. The molecule has 2 heterocycles. The van der Waals surface area contributed by atoms with Crippen molar-refractivity contribution >= 4 is 34.5 Å². The molecular formula is C19H24N4O2S. The molecule has 0 aliphatic carbocycles. The Kier molecular flexibility index (Phi) is 5.27. The maximum atomic E-state index is 12.7. The fraction of sp³-hybridized carbons (Fsp3) is 0.421. The van der Waals surface area contributed by atoms with E-state index in [-0.39, 0.29) is 6.09 Å². The standard InChI is InChI=1S/C19H24N4O2S/c1-13-12-26-17(21-13)22-20-11-15-8-5-7-14-9-6-10-23(16(14)15)18(24)25-19(2,3)4/h5,7-8,11-12H,6,9-10H2,1-4H3,(H,21,22). The van der Waals surface area contributed by atoms with Gasteiger partial charge in [0.05, 0.1) is 17.6 Å². The topological polar surface area (TPSA) is 66.8 Å². The van der Waals surface area contributed by atoms with E-state index < -0.39 is 5.60 Å². The summed E-state index contributed by atoms with van der Waals surface area (Å²) >= 11 is 1.50. The monoisotopic (exact) mass is 372 g/mol. The van der Waals surface area contributed by atoms with E-state index in [4.69, 9.17) is 4.74 Å². The summed E-state index contributed by atoms with van der Waals surface area (Å²) in [4.78, 5) is 18.7. The van der Waals surface area contributed by atoms with Crippen molar-refractivity contribution in [2.75, 3.05) is 16.9 Å². The maximum absolute atomic E-state index is 12.7. The van der Waals surface area contributed by atoms with Crippen molar-refractivity contribution in [3.63, 3.8) is 0 Å². The highest BCUT2D eigenvalue weighted by Gasteiger charge is 2.28. The van der Waals surface area contributed by atoms with Crippen LogP contribution in [0.15, 0.2) is 28.7 Å². The molecular weight excluding hydrogens is 348 g/mol. The van der Waals surface area contributed by atoms with Crippen LogP contribution in [0.4, 0.5) is 15.6 Å². The highest BCUT2D eigenvalue weighted by Crippen LogP contribution is 2.31. The summed E-state index contributed by atoms with van der Waals surface area (Å²) in [7, 11) is 0. The van der Waals surface area contributed by atoms with Gasteiger partial charge >= 0.3 is 6.09 Å². The van der Waals surface area contributed by atoms with E-state index in [9.17, 15) is 4.79 Å². The third-order valence-electron chi connectivity index (χ3n) is 3.85. The highest BCUT2D eigenvalue weighted by atomic mass is 32.1. The Labute approximate surface area is 157 Å². The van der Waals surface area contributed by atoms with E-state index in [1.54, 1.807) is 11.1 Å². The van der Waals surface area contributed by atoms with Crippen molar-refractivity contribution in [1.29, 1.82) is 0 Å². The first kappa shape index (κ1) is 18.4. The number of nitrogens with one attached hydrogen (secondary N) is 1. The molecule has 0 radical (unpaired) electrons. The van der Waals surface area contributed by atoms with Gasteiger partial charge in [0.1, 0.15) is 5.60 Å². The highest BCUT2D eigenvalue weighted by molar-refractivity contribution is 7.13. The predicted octanol–water partition coefficient (Wildman–Crippen LogP) is 4.59. The van der Waals surface area contributed by atoms with Crippen molar-refractivity contribution in [1.82, 2.24) is 4.98 Å². The Morgan fingerprint density at radius 3 is 2.92 bits per heavy atom. The summed E-state index contributed by atoms with van der Waals surface area (Å²) < 4.78 is 5.58. The van der Waals surface area contributed by atoms with Crippen LogP contribution >= 0.6 is 11.3 Å². The summed E-state index contributed by atoms with van der Waals surface area (Å²) in [6, 6.07) is 6.01. The average molecular weight is 372 g/mol. The van der Waals surface area contributed by atoms with Gasteiger partial charge in [-0.1, -0.05) is 18.2 Å². The van der Waals surface area contributed by atoms with Gasteiger partial charge in [-0.25, -0.2) is 9.78 Å². The molecule has 7 heteroatoms. The van der Waals surface area contributed by atoms with Gasteiger partial charge in [-0.2, -0.15) is 5.10 Å². The molecule has 0 atom stereocenters. The number of ether oxygens (including phenoxy) is 1. The number of aryl methyl sites for hydroxylation is 2. The van der Waals surface area contributed by atoms with E-state index in [1.807, 2.05) is 45.2 Å². The molecule has 3 rings (SSSR count). The van der Waals surface area contributed by atoms with Crippen LogP contribution in [-0.2, 0) is 11.2 Å². The fourth-order valence-corrected chi connectivity index (χ4v) is 3.48. The second-order valence-corrected chi connectivity index (χ2v) is 8.11. The van der Waals surface area contributed by atoms with E-state index in [1.165, 1.54) is 11.3 Å². The normalized spacial score (nSPS) is 14.4.